The number of thiophene rings is 1. The molecule has 0 fully saturated rings. The number of benzene rings is 1. The van der Waals surface area contributed by atoms with E-state index in [1.54, 1.807) is 36.0 Å². The fraction of sp³-hybridized carbons (Fsp3) is 0.0556. The number of halogens is 1. The highest BCUT2D eigenvalue weighted by Gasteiger charge is 2.11. The molecule has 0 spiro atoms. The van der Waals surface area contributed by atoms with Gasteiger partial charge in [-0.1, -0.05) is 17.7 Å². The van der Waals surface area contributed by atoms with Gasteiger partial charge in [-0.05, 0) is 35.7 Å². The summed E-state index contributed by atoms with van der Waals surface area (Å²) >= 11 is 7.67. The van der Waals surface area contributed by atoms with Crippen molar-refractivity contribution in [3.63, 3.8) is 0 Å². The number of carbonyl (C=O) groups is 1. The van der Waals surface area contributed by atoms with Crippen LogP contribution in [0.25, 0.3) is 16.9 Å². The fourth-order valence-electron chi connectivity index (χ4n) is 2.51. The number of nitrogens with one attached hydrogen (secondary N) is 2. The minimum atomic E-state index is -0.363. The molecule has 4 rings (SSSR count). The molecule has 2 N–H and O–H groups in total. The SMILES string of the molecule is COc1ccc2nc(-c3ccc(Cl)c(NC(=O)Nc4cccs4)c3)cn2n1. The van der Waals surface area contributed by atoms with E-state index in [-0.39, 0.29) is 6.03 Å². The Balaban J connectivity index is 1.61. The number of hydrogen-bond donors (Lipinski definition) is 2. The Morgan fingerprint density at radius 3 is 2.89 bits per heavy atom. The molecule has 7 nitrogen and oxygen atoms in total. The summed E-state index contributed by atoms with van der Waals surface area (Å²) in [5, 5.41) is 12.9. The van der Waals surface area contributed by atoms with Crippen molar-refractivity contribution in [2.24, 2.45) is 0 Å². The van der Waals surface area contributed by atoms with Crippen molar-refractivity contribution >= 4 is 45.3 Å². The topological polar surface area (TPSA) is 80.5 Å². The summed E-state index contributed by atoms with van der Waals surface area (Å²) in [6.07, 6.45) is 1.79. The van der Waals surface area contributed by atoms with Gasteiger partial charge in [0.2, 0.25) is 5.88 Å². The van der Waals surface area contributed by atoms with Crippen LogP contribution >= 0.6 is 22.9 Å². The molecule has 3 aromatic heterocycles. The number of methoxy groups -OCH3 is 1. The third kappa shape index (κ3) is 3.71. The first-order valence-corrected chi connectivity index (χ1v) is 9.20. The van der Waals surface area contributed by atoms with Crippen LogP contribution in [0.15, 0.2) is 54.0 Å². The normalized spacial score (nSPS) is 10.7. The van der Waals surface area contributed by atoms with E-state index in [9.17, 15) is 4.79 Å². The van der Waals surface area contributed by atoms with Gasteiger partial charge in [0.15, 0.2) is 5.65 Å². The first-order valence-electron chi connectivity index (χ1n) is 7.94. The highest BCUT2D eigenvalue weighted by molar-refractivity contribution is 7.14. The van der Waals surface area contributed by atoms with Crippen LogP contribution in [0.2, 0.25) is 5.02 Å². The van der Waals surface area contributed by atoms with Crippen LogP contribution in [0, 0.1) is 0 Å². The molecule has 9 heteroatoms. The number of imidazole rings is 1. The molecule has 0 radical (unpaired) electrons. The van der Waals surface area contributed by atoms with Crippen LogP contribution in [0.3, 0.4) is 0 Å². The van der Waals surface area contributed by atoms with Crippen molar-refractivity contribution in [2.75, 3.05) is 17.7 Å². The fourth-order valence-corrected chi connectivity index (χ4v) is 3.29. The Morgan fingerprint density at radius 1 is 1.22 bits per heavy atom. The summed E-state index contributed by atoms with van der Waals surface area (Å²) < 4.78 is 6.77. The van der Waals surface area contributed by atoms with Gasteiger partial charge in [0, 0.05) is 11.6 Å². The van der Waals surface area contributed by atoms with E-state index in [4.69, 9.17) is 16.3 Å². The first kappa shape index (κ1) is 17.3. The van der Waals surface area contributed by atoms with Gasteiger partial charge in [-0.15, -0.1) is 16.4 Å². The molecule has 0 unspecified atom stereocenters. The molecular weight excluding hydrogens is 386 g/mol. The van der Waals surface area contributed by atoms with Crippen LogP contribution in [-0.4, -0.2) is 27.7 Å². The van der Waals surface area contributed by atoms with Crippen molar-refractivity contribution in [2.45, 2.75) is 0 Å². The van der Waals surface area contributed by atoms with Gasteiger partial charge in [-0.25, -0.2) is 14.3 Å². The second-order valence-corrected chi connectivity index (χ2v) is 6.91. The second kappa shape index (κ2) is 7.26. The quantitative estimate of drug-likeness (QED) is 0.518. The van der Waals surface area contributed by atoms with Crippen LogP contribution in [0.4, 0.5) is 15.5 Å². The minimum absolute atomic E-state index is 0.363. The van der Waals surface area contributed by atoms with Gasteiger partial charge in [-0.3, -0.25) is 5.32 Å². The largest absolute Gasteiger partial charge is 0.480 e. The molecule has 0 saturated carbocycles. The zero-order chi connectivity index (χ0) is 18.8. The number of urea groups is 1. The van der Waals surface area contributed by atoms with Crippen LogP contribution in [0.5, 0.6) is 5.88 Å². The minimum Gasteiger partial charge on any atom is -0.480 e. The molecule has 0 aliphatic carbocycles. The predicted octanol–water partition coefficient (Wildman–Crippen LogP) is 4.76. The third-order valence-corrected chi connectivity index (χ3v) is 4.89. The predicted molar refractivity (Wildman–Crippen MR) is 107 cm³/mol. The maximum Gasteiger partial charge on any atom is 0.324 e. The molecular formula is C18H14ClN5O2S. The zero-order valence-electron chi connectivity index (χ0n) is 14.1. The molecule has 0 aliphatic rings. The van der Waals surface area contributed by atoms with Crippen molar-refractivity contribution in [3.05, 3.63) is 59.1 Å². The van der Waals surface area contributed by atoms with E-state index in [1.165, 1.54) is 11.3 Å². The number of anilines is 2. The molecule has 0 atom stereocenters. The highest BCUT2D eigenvalue weighted by atomic mass is 35.5. The maximum atomic E-state index is 12.2. The molecule has 2 amide bonds. The summed E-state index contributed by atoms with van der Waals surface area (Å²) in [5.41, 5.74) is 2.68. The van der Waals surface area contributed by atoms with E-state index in [2.05, 4.69) is 20.7 Å². The van der Waals surface area contributed by atoms with E-state index in [0.29, 0.717) is 27.9 Å². The number of amides is 2. The summed E-state index contributed by atoms with van der Waals surface area (Å²) in [5.74, 6) is 0.496. The number of nitrogens with zero attached hydrogens (tertiary/aromatic N) is 3. The van der Waals surface area contributed by atoms with Crippen molar-refractivity contribution in [3.8, 4) is 17.1 Å². The lowest BCUT2D eigenvalue weighted by atomic mass is 10.1. The Kier molecular flexibility index (Phi) is 4.66. The Hall–Kier alpha value is -3.10. The lowest BCUT2D eigenvalue weighted by molar-refractivity contribution is 0.262. The van der Waals surface area contributed by atoms with Gasteiger partial charge < -0.3 is 10.1 Å². The lowest BCUT2D eigenvalue weighted by Gasteiger charge is -2.09. The average Bonchev–Trinajstić information content (AvgIpc) is 3.32. The van der Waals surface area contributed by atoms with E-state index < -0.39 is 0 Å². The number of ether oxygens (including phenoxy) is 1. The van der Waals surface area contributed by atoms with Crippen LogP contribution in [-0.2, 0) is 0 Å². The van der Waals surface area contributed by atoms with Gasteiger partial charge >= 0.3 is 6.03 Å². The smallest absolute Gasteiger partial charge is 0.324 e. The zero-order valence-corrected chi connectivity index (χ0v) is 15.7. The Bertz CT molecular complexity index is 1110. The number of hydrogen-bond acceptors (Lipinski definition) is 5. The number of carbonyl (C=O) groups excluding carboxylic acids is 1. The monoisotopic (exact) mass is 399 g/mol. The van der Waals surface area contributed by atoms with Gasteiger partial charge in [0.1, 0.15) is 0 Å². The molecule has 136 valence electrons. The summed E-state index contributed by atoms with van der Waals surface area (Å²) in [6, 6.07) is 12.2. The van der Waals surface area contributed by atoms with E-state index in [1.807, 2.05) is 29.6 Å². The summed E-state index contributed by atoms with van der Waals surface area (Å²) in [7, 11) is 1.56. The molecule has 1 aromatic carbocycles. The molecule has 0 saturated heterocycles. The Labute approximate surface area is 163 Å². The number of fused-ring (bicyclic) bond motifs is 1. The van der Waals surface area contributed by atoms with E-state index >= 15 is 0 Å². The summed E-state index contributed by atoms with van der Waals surface area (Å²) in [4.78, 5) is 16.7. The molecule has 0 aliphatic heterocycles. The first-order chi connectivity index (χ1) is 13.1. The highest BCUT2D eigenvalue weighted by Crippen LogP contribution is 2.29. The second-order valence-electron chi connectivity index (χ2n) is 5.56. The number of rotatable bonds is 4. The third-order valence-electron chi connectivity index (χ3n) is 3.77. The van der Waals surface area contributed by atoms with Crippen molar-refractivity contribution in [1.29, 1.82) is 0 Å². The Morgan fingerprint density at radius 2 is 2.11 bits per heavy atom. The van der Waals surface area contributed by atoms with Gasteiger partial charge in [-0.2, -0.15) is 0 Å². The van der Waals surface area contributed by atoms with Crippen LogP contribution < -0.4 is 15.4 Å². The lowest BCUT2D eigenvalue weighted by Crippen LogP contribution is -2.19. The molecule has 3 heterocycles. The summed E-state index contributed by atoms with van der Waals surface area (Å²) in [6.45, 7) is 0. The van der Waals surface area contributed by atoms with Gasteiger partial charge in [0.25, 0.3) is 0 Å². The number of aromatic nitrogens is 3. The maximum absolute atomic E-state index is 12.2. The van der Waals surface area contributed by atoms with Gasteiger partial charge in [0.05, 0.1) is 34.7 Å². The van der Waals surface area contributed by atoms with Crippen molar-refractivity contribution < 1.29 is 9.53 Å². The van der Waals surface area contributed by atoms with E-state index in [0.717, 1.165) is 10.6 Å². The van der Waals surface area contributed by atoms with Crippen molar-refractivity contribution in [1.82, 2.24) is 14.6 Å². The molecule has 0 bridgehead atoms. The average molecular weight is 400 g/mol. The van der Waals surface area contributed by atoms with Crippen LogP contribution in [0.1, 0.15) is 0 Å². The molecule has 27 heavy (non-hydrogen) atoms. The molecule has 4 aromatic rings. The standard InChI is InChI=1S/C18H14ClN5O2S/c1-26-16-7-6-15-20-14(10-24(15)23-16)11-4-5-12(19)13(9-11)21-18(25)22-17-3-2-8-27-17/h2-10H,1H3,(H2,21,22,25).